The van der Waals surface area contributed by atoms with Crippen molar-refractivity contribution in [3.05, 3.63) is 24.4 Å². The van der Waals surface area contributed by atoms with Crippen LogP contribution in [0.15, 0.2) is 24.4 Å². The van der Waals surface area contributed by atoms with Crippen LogP contribution >= 0.6 is 11.8 Å². The van der Waals surface area contributed by atoms with Gasteiger partial charge < -0.3 is 16.4 Å². The van der Waals surface area contributed by atoms with Crippen LogP contribution in [0.3, 0.4) is 0 Å². The largest absolute Gasteiger partial charge is 0.361 e. The maximum absolute atomic E-state index is 12.5. The molecule has 0 saturated heterocycles. The van der Waals surface area contributed by atoms with Crippen LogP contribution in [0, 0.1) is 5.41 Å². The summed E-state index contributed by atoms with van der Waals surface area (Å²) in [5.41, 5.74) is 4.56. The topological polar surface area (TPSA) is 114 Å². The van der Waals surface area contributed by atoms with Gasteiger partial charge in [0.15, 0.2) is 0 Å². The second-order valence-electron chi connectivity index (χ2n) is 6.34. The second kappa shape index (κ2) is 9.27. The lowest BCUT2D eigenvalue weighted by molar-refractivity contribution is -0.128. The lowest BCUT2D eigenvalue weighted by Gasteiger charge is -2.30. The number of carbonyl (C=O) groups is 3. The number of carbonyl (C=O) groups excluding carboxylic acids is 3. The smallest absolute Gasteiger partial charge is 0.276 e. The average molecular weight is 352 g/mol. The van der Waals surface area contributed by atoms with Gasteiger partial charge in [-0.25, -0.2) is 4.98 Å². The standard InChI is InChI=1S/C16H24N4O3S/c1-16(2,3)13(14(22)19-11-7-4-5-9-18-11)20-12(21)8-6-10-24-15(17)23/h4-5,7,9,13H,6,8,10H2,1-3H3,(H2,17,23)(H,20,21)(H,18,19,22)/t13-/m1/s1. The van der Waals surface area contributed by atoms with Gasteiger partial charge in [-0.05, 0) is 24.0 Å². The van der Waals surface area contributed by atoms with E-state index in [9.17, 15) is 14.4 Å². The Morgan fingerprint density at radius 3 is 2.54 bits per heavy atom. The number of rotatable bonds is 7. The van der Waals surface area contributed by atoms with Crippen molar-refractivity contribution in [2.75, 3.05) is 11.1 Å². The zero-order chi connectivity index (χ0) is 18.2. The van der Waals surface area contributed by atoms with E-state index < -0.39 is 16.7 Å². The van der Waals surface area contributed by atoms with Gasteiger partial charge in [0.2, 0.25) is 11.8 Å². The van der Waals surface area contributed by atoms with Crippen molar-refractivity contribution in [3.8, 4) is 0 Å². The first-order valence-corrected chi connectivity index (χ1v) is 8.62. The minimum Gasteiger partial charge on any atom is -0.361 e. The third kappa shape index (κ3) is 7.45. The molecular formula is C16H24N4O3S. The number of nitrogens with two attached hydrogens (primary N) is 1. The summed E-state index contributed by atoms with van der Waals surface area (Å²) in [5.74, 6) is 0.351. The molecule has 1 rings (SSSR count). The first-order chi connectivity index (χ1) is 11.2. The number of primary amides is 1. The zero-order valence-corrected chi connectivity index (χ0v) is 15.0. The second-order valence-corrected chi connectivity index (χ2v) is 7.44. The molecule has 3 amide bonds. The van der Waals surface area contributed by atoms with E-state index in [1.807, 2.05) is 20.8 Å². The maximum Gasteiger partial charge on any atom is 0.276 e. The van der Waals surface area contributed by atoms with E-state index in [0.29, 0.717) is 18.0 Å². The van der Waals surface area contributed by atoms with Gasteiger partial charge >= 0.3 is 0 Å². The third-order valence-corrected chi connectivity index (χ3v) is 3.92. The molecule has 0 bridgehead atoms. The molecule has 24 heavy (non-hydrogen) atoms. The predicted octanol–water partition coefficient (Wildman–Crippen LogP) is 2.14. The molecule has 1 aromatic rings. The number of nitrogens with one attached hydrogen (secondary N) is 2. The van der Waals surface area contributed by atoms with E-state index >= 15 is 0 Å². The van der Waals surface area contributed by atoms with Crippen molar-refractivity contribution in [2.24, 2.45) is 11.1 Å². The van der Waals surface area contributed by atoms with Gasteiger partial charge in [-0.15, -0.1) is 0 Å². The highest BCUT2D eigenvalue weighted by Crippen LogP contribution is 2.21. The summed E-state index contributed by atoms with van der Waals surface area (Å²) in [6.07, 6.45) is 2.32. The summed E-state index contributed by atoms with van der Waals surface area (Å²) >= 11 is 0.977. The van der Waals surface area contributed by atoms with Crippen molar-refractivity contribution in [3.63, 3.8) is 0 Å². The summed E-state index contributed by atoms with van der Waals surface area (Å²) < 4.78 is 0. The zero-order valence-electron chi connectivity index (χ0n) is 14.2. The minimum absolute atomic E-state index is 0.226. The summed E-state index contributed by atoms with van der Waals surface area (Å²) in [7, 11) is 0. The summed E-state index contributed by atoms with van der Waals surface area (Å²) in [5, 5.41) is 5.01. The molecule has 1 heterocycles. The van der Waals surface area contributed by atoms with Crippen molar-refractivity contribution in [1.29, 1.82) is 0 Å². The number of pyridine rings is 1. The minimum atomic E-state index is -0.698. The van der Waals surface area contributed by atoms with Crippen LogP contribution in [0.2, 0.25) is 0 Å². The number of amides is 3. The van der Waals surface area contributed by atoms with Crippen molar-refractivity contribution < 1.29 is 14.4 Å². The van der Waals surface area contributed by atoms with Crippen molar-refractivity contribution in [1.82, 2.24) is 10.3 Å². The first kappa shape index (κ1) is 20.0. The predicted molar refractivity (Wildman–Crippen MR) is 95.5 cm³/mol. The van der Waals surface area contributed by atoms with Crippen LogP contribution in [0.4, 0.5) is 10.6 Å². The fourth-order valence-electron chi connectivity index (χ4n) is 1.95. The quantitative estimate of drug-likeness (QED) is 0.651. The maximum atomic E-state index is 12.5. The molecule has 0 radical (unpaired) electrons. The molecule has 0 saturated carbocycles. The van der Waals surface area contributed by atoms with E-state index in [0.717, 1.165) is 11.8 Å². The van der Waals surface area contributed by atoms with Crippen molar-refractivity contribution in [2.45, 2.75) is 39.7 Å². The summed E-state index contributed by atoms with van der Waals surface area (Å²) in [6.45, 7) is 5.62. The number of aromatic nitrogens is 1. The Balaban J connectivity index is 2.60. The SMILES string of the molecule is CC(C)(C)[C@H](NC(=O)CCCSC(N)=O)C(=O)Nc1ccccn1. The molecular weight excluding hydrogens is 328 g/mol. The Hall–Kier alpha value is -2.09. The van der Waals surface area contributed by atoms with E-state index in [1.54, 1.807) is 24.4 Å². The van der Waals surface area contributed by atoms with E-state index in [1.165, 1.54) is 0 Å². The molecule has 0 unspecified atom stereocenters. The van der Waals surface area contributed by atoms with Crippen molar-refractivity contribution >= 4 is 34.6 Å². The number of thioether (sulfide) groups is 1. The molecule has 1 aromatic heterocycles. The Morgan fingerprint density at radius 2 is 2.00 bits per heavy atom. The van der Waals surface area contributed by atoms with E-state index in [-0.39, 0.29) is 18.2 Å². The molecule has 132 valence electrons. The van der Waals surface area contributed by atoms with Crippen LogP contribution in [0.5, 0.6) is 0 Å². The fourth-order valence-corrected chi connectivity index (χ4v) is 2.44. The third-order valence-electron chi connectivity index (χ3n) is 3.14. The van der Waals surface area contributed by atoms with Gasteiger partial charge in [0.1, 0.15) is 11.9 Å². The Kier molecular flexibility index (Phi) is 7.70. The molecule has 0 aliphatic heterocycles. The lowest BCUT2D eigenvalue weighted by atomic mass is 9.86. The lowest BCUT2D eigenvalue weighted by Crippen LogP contribution is -2.51. The number of nitrogens with zero attached hydrogens (tertiary/aromatic N) is 1. The molecule has 0 spiro atoms. The Morgan fingerprint density at radius 1 is 1.29 bits per heavy atom. The number of anilines is 1. The molecule has 0 aromatic carbocycles. The van der Waals surface area contributed by atoms with Crippen LogP contribution < -0.4 is 16.4 Å². The average Bonchev–Trinajstić information content (AvgIpc) is 2.48. The Labute approximate surface area is 146 Å². The van der Waals surface area contributed by atoms with Gasteiger partial charge in [0, 0.05) is 18.4 Å². The van der Waals surface area contributed by atoms with Gasteiger partial charge in [-0.2, -0.15) is 0 Å². The molecule has 7 nitrogen and oxygen atoms in total. The molecule has 1 atom stereocenters. The van der Waals surface area contributed by atoms with Gasteiger partial charge in [0.25, 0.3) is 5.24 Å². The van der Waals surface area contributed by atoms with Crippen LogP contribution in [-0.4, -0.2) is 33.8 Å². The van der Waals surface area contributed by atoms with Crippen LogP contribution in [-0.2, 0) is 9.59 Å². The van der Waals surface area contributed by atoms with Crippen LogP contribution in [0.1, 0.15) is 33.6 Å². The highest BCUT2D eigenvalue weighted by atomic mass is 32.2. The highest BCUT2D eigenvalue weighted by molar-refractivity contribution is 8.13. The molecule has 4 N–H and O–H groups in total. The molecule has 0 aliphatic rings. The first-order valence-electron chi connectivity index (χ1n) is 7.63. The van der Waals surface area contributed by atoms with E-state index in [2.05, 4.69) is 15.6 Å². The molecule has 8 heteroatoms. The fraction of sp³-hybridized carbons (Fsp3) is 0.500. The van der Waals surface area contributed by atoms with Crippen LogP contribution in [0.25, 0.3) is 0 Å². The Bertz CT molecular complexity index is 572. The van der Waals surface area contributed by atoms with Gasteiger partial charge in [-0.1, -0.05) is 38.6 Å². The van der Waals surface area contributed by atoms with E-state index in [4.69, 9.17) is 5.73 Å². The molecule has 0 aliphatic carbocycles. The molecule has 0 fully saturated rings. The normalized spacial score (nSPS) is 12.3. The summed E-state index contributed by atoms with van der Waals surface area (Å²) in [4.78, 5) is 39.2. The summed E-state index contributed by atoms with van der Waals surface area (Å²) in [6, 6.07) is 4.50. The number of hydrogen-bond donors (Lipinski definition) is 3. The monoisotopic (exact) mass is 352 g/mol. The highest BCUT2D eigenvalue weighted by Gasteiger charge is 2.32. The van der Waals surface area contributed by atoms with Gasteiger partial charge in [-0.3, -0.25) is 14.4 Å². The van der Waals surface area contributed by atoms with Gasteiger partial charge in [0.05, 0.1) is 0 Å². The number of hydrogen-bond acceptors (Lipinski definition) is 5.